The second kappa shape index (κ2) is 8.49. The number of hydrogen-bond acceptors (Lipinski definition) is 2. The number of aryl methyl sites for hydroxylation is 1. The zero-order valence-electron chi connectivity index (χ0n) is 16.1. The van der Waals surface area contributed by atoms with E-state index < -0.39 is 0 Å². The van der Waals surface area contributed by atoms with Gasteiger partial charge in [-0.1, -0.05) is 24.3 Å². The summed E-state index contributed by atoms with van der Waals surface area (Å²) in [5, 5.41) is 4.91. The fraction of sp³-hybridized carbons (Fsp3) is 0.174. The largest absolute Gasteiger partial charge is 0.467 e. The van der Waals surface area contributed by atoms with E-state index in [-0.39, 0.29) is 5.82 Å². The summed E-state index contributed by atoms with van der Waals surface area (Å²) >= 11 is 5.64. The van der Waals surface area contributed by atoms with Gasteiger partial charge in [0.05, 0.1) is 12.8 Å². The topological polar surface area (TPSA) is 44.2 Å². The molecule has 148 valence electrons. The average Bonchev–Trinajstić information content (AvgIpc) is 3.32. The maximum absolute atomic E-state index is 13.5. The third kappa shape index (κ3) is 4.49. The summed E-state index contributed by atoms with van der Waals surface area (Å²) in [6.07, 6.45) is 2.47. The first-order valence-corrected chi connectivity index (χ1v) is 9.91. The fourth-order valence-electron chi connectivity index (χ4n) is 3.52. The predicted molar refractivity (Wildman–Crippen MR) is 118 cm³/mol. The number of rotatable bonds is 6. The van der Waals surface area contributed by atoms with Crippen molar-refractivity contribution in [3.63, 3.8) is 0 Å². The number of benzene rings is 2. The minimum Gasteiger partial charge on any atom is -0.467 e. The van der Waals surface area contributed by atoms with Crippen LogP contribution in [0.2, 0.25) is 0 Å². The van der Waals surface area contributed by atoms with Crippen molar-refractivity contribution >= 4 is 33.9 Å². The van der Waals surface area contributed by atoms with Crippen LogP contribution < -0.4 is 5.32 Å². The van der Waals surface area contributed by atoms with Crippen molar-refractivity contribution in [2.75, 3.05) is 11.9 Å². The third-order valence-electron chi connectivity index (χ3n) is 4.95. The Kier molecular flexibility index (Phi) is 5.62. The Balaban J connectivity index is 1.53. The Bertz CT molecular complexity index is 1120. The summed E-state index contributed by atoms with van der Waals surface area (Å²) < 4.78 is 19.1. The first kappa shape index (κ1) is 19.2. The van der Waals surface area contributed by atoms with Crippen molar-refractivity contribution in [3.05, 3.63) is 89.8 Å². The predicted octanol–water partition coefficient (Wildman–Crippen LogP) is 5.65. The van der Waals surface area contributed by atoms with Crippen molar-refractivity contribution < 1.29 is 8.81 Å². The van der Waals surface area contributed by atoms with Crippen molar-refractivity contribution in [3.8, 4) is 0 Å². The molecular weight excluding hydrogens is 385 g/mol. The highest BCUT2D eigenvalue weighted by molar-refractivity contribution is 7.80. The maximum atomic E-state index is 13.5. The fourth-order valence-corrected chi connectivity index (χ4v) is 3.79. The molecule has 2 N–H and O–H groups in total. The molecule has 0 saturated heterocycles. The van der Waals surface area contributed by atoms with Gasteiger partial charge in [-0.25, -0.2) is 4.39 Å². The third-order valence-corrected chi connectivity index (χ3v) is 5.31. The highest BCUT2D eigenvalue weighted by atomic mass is 32.1. The van der Waals surface area contributed by atoms with Crippen LogP contribution >= 0.6 is 12.2 Å². The highest BCUT2D eigenvalue weighted by Crippen LogP contribution is 2.23. The number of nitrogens with zero attached hydrogens (tertiary/aromatic N) is 1. The Morgan fingerprint density at radius 2 is 2.00 bits per heavy atom. The number of aromatic nitrogens is 1. The second-order valence-electron chi connectivity index (χ2n) is 6.97. The van der Waals surface area contributed by atoms with Gasteiger partial charge >= 0.3 is 0 Å². The molecule has 0 saturated carbocycles. The van der Waals surface area contributed by atoms with Gasteiger partial charge in [0.1, 0.15) is 11.6 Å². The molecule has 0 aliphatic carbocycles. The monoisotopic (exact) mass is 407 g/mol. The minimum absolute atomic E-state index is 0.301. The Morgan fingerprint density at radius 3 is 2.79 bits per heavy atom. The van der Waals surface area contributed by atoms with Crippen LogP contribution in [0, 0.1) is 12.7 Å². The second-order valence-corrected chi connectivity index (χ2v) is 7.35. The van der Waals surface area contributed by atoms with E-state index in [4.69, 9.17) is 16.6 Å². The van der Waals surface area contributed by atoms with Crippen LogP contribution in [0.4, 0.5) is 10.1 Å². The molecule has 4 rings (SSSR count). The van der Waals surface area contributed by atoms with Crippen LogP contribution in [0.1, 0.15) is 17.0 Å². The number of H-pyrrole nitrogens is 1. The molecule has 4 aromatic rings. The van der Waals surface area contributed by atoms with Crippen molar-refractivity contribution in [1.82, 2.24) is 9.88 Å². The lowest BCUT2D eigenvalue weighted by Crippen LogP contribution is -2.35. The summed E-state index contributed by atoms with van der Waals surface area (Å²) in [4.78, 5) is 5.49. The van der Waals surface area contributed by atoms with E-state index >= 15 is 0 Å². The molecule has 0 unspecified atom stereocenters. The summed E-state index contributed by atoms with van der Waals surface area (Å²) in [6.45, 7) is 3.33. The van der Waals surface area contributed by atoms with Crippen LogP contribution in [-0.4, -0.2) is 21.5 Å². The van der Waals surface area contributed by atoms with Crippen LogP contribution in [0.25, 0.3) is 10.9 Å². The number of halogens is 1. The zero-order valence-corrected chi connectivity index (χ0v) is 16.9. The van der Waals surface area contributed by atoms with Gasteiger partial charge in [-0.3, -0.25) is 0 Å². The van der Waals surface area contributed by atoms with E-state index in [0.29, 0.717) is 23.9 Å². The molecule has 29 heavy (non-hydrogen) atoms. The molecule has 2 aromatic heterocycles. The average molecular weight is 408 g/mol. The van der Waals surface area contributed by atoms with E-state index in [1.165, 1.54) is 23.1 Å². The number of anilines is 1. The van der Waals surface area contributed by atoms with Crippen LogP contribution in [0.3, 0.4) is 0 Å². The van der Waals surface area contributed by atoms with Gasteiger partial charge < -0.3 is 19.6 Å². The van der Waals surface area contributed by atoms with E-state index in [0.717, 1.165) is 23.4 Å². The van der Waals surface area contributed by atoms with Gasteiger partial charge in [-0.05, 0) is 67.5 Å². The number of thiocarbonyl (C=S) groups is 1. The van der Waals surface area contributed by atoms with Gasteiger partial charge in [-0.15, -0.1) is 0 Å². The van der Waals surface area contributed by atoms with E-state index in [9.17, 15) is 4.39 Å². The van der Waals surface area contributed by atoms with Gasteiger partial charge in [0.25, 0.3) is 0 Å². The normalized spacial score (nSPS) is 11.0. The van der Waals surface area contributed by atoms with E-state index in [1.807, 2.05) is 23.1 Å². The molecule has 0 amide bonds. The molecule has 0 fully saturated rings. The Labute approximate surface area is 174 Å². The van der Waals surface area contributed by atoms with Crippen LogP contribution in [0.5, 0.6) is 0 Å². The number of furan rings is 1. The van der Waals surface area contributed by atoms with Gasteiger partial charge in [0.2, 0.25) is 0 Å². The van der Waals surface area contributed by atoms with Gasteiger partial charge in [0.15, 0.2) is 5.11 Å². The van der Waals surface area contributed by atoms with Crippen molar-refractivity contribution in [2.24, 2.45) is 0 Å². The number of fused-ring (bicyclic) bond motifs is 1. The summed E-state index contributed by atoms with van der Waals surface area (Å²) in [6, 6.07) is 18.4. The SMILES string of the molecule is Cc1[nH]c2ccccc2c1CCN(Cc1ccco1)C(=S)Nc1cccc(F)c1. The lowest BCUT2D eigenvalue weighted by molar-refractivity contribution is 0.368. The molecule has 2 aromatic carbocycles. The van der Waals surface area contributed by atoms with Crippen molar-refractivity contribution in [1.29, 1.82) is 0 Å². The molecule has 2 heterocycles. The molecule has 0 spiro atoms. The lowest BCUT2D eigenvalue weighted by Gasteiger charge is -2.25. The molecule has 0 radical (unpaired) electrons. The first-order valence-electron chi connectivity index (χ1n) is 9.50. The molecule has 0 bridgehead atoms. The zero-order chi connectivity index (χ0) is 20.2. The Hall–Kier alpha value is -3.12. The highest BCUT2D eigenvalue weighted by Gasteiger charge is 2.15. The molecular formula is C23H22FN3OS. The molecule has 4 nitrogen and oxygen atoms in total. The van der Waals surface area contributed by atoms with Crippen LogP contribution in [0.15, 0.2) is 71.3 Å². The standard InChI is InChI=1S/C23H22FN3OS/c1-16-20(21-9-2-3-10-22(21)25-16)11-12-27(15-19-8-5-13-28-19)23(29)26-18-7-4-6-17(24)14-18/h2-10,13-14,25H,11-12,15H2,1H3,(H,26,29). The van der Waals surface area contributed by atoms with Crippen molar-refractivity contribution in [2.45, 2.75) is 19.9 Å². The van der Waals surface area contributed by atoms with E-state index in [2.05, 4.69) is 35.4 Å². The number of para-hydroxylation sites is 1. The number of hydrogen-bond donors (Lipinski definition) is 2. The maximum Gasteiger partial charge on any atom is 0.173 e. The minimum atomic E-state index is -0.301. The molecule has 6 heteroatoms. The van der Waals surface area contributed by atoms with Gasteiger partial charge in [0, 0.05) is 28.8 Å². The molecule has 0 atom stereocenters. The summed E-state index contributed by atoms with van der Waals surface area (Å²) in [5.74, 6) is 0.522. The Morgan fingerprint density at radius 1 is 1.14 bits per heavy atom. The van der Waals surface area contributed by atoms with Crippen LogP contribution in [-0.2, 0) is 13.0 Å². The number of aromatic amines is 1. The lowest BCUT2D eigenvalue weighted by atomic mass is 10.1. The first-order chi connectivity index (χ1) is 14.1. The smallest absolute Gasteiger partial charge is 0.173 e. The molecule has 0 aliphatic heterocycles. The van der Waals surface area contributed by atoms with Gasteiger partial charge in [-0.2, -0.15) is 0 Å². The summed E-state index contributed by atoms with van der Waals surface area (Å²) in [7, 11) is 0. The summed E-state index contributed by atoms with van der Waals surface area (Å²) in [5.41, 5.74) is 4.20. The quantitative estimate of drug-likeness (QED) is 0.405. The van der Waals surface area contributed by atoms with E-state index in [1.54, 1.807) is 18.4 Å². The molecule has 0 aliphatic rings. The number of nitrogens with one attached hydrogen (secondary N) is 2.